The predicted octanol–water partition coefficient (Wildman–Crippen LogP) is 4.90. The standard InChI is InChI=1S/C26H28BrN3O5S/c1-5-35-22-12-8-20(9-13-22)19(3)28-29-26(31)17-30(21-10-6-18(2)7-11-21)36(32,33)23-14-15-25(34-4)24(27)16-23/h6-16H,5,17H2,1-4H3,(H,29,31)/b28-19-. The van der Waals surface area contributed by atoms with Crippen LogP contribution in [0.1, 0.15) is 25.0 Å². The second kappa shape index (κ2) is 12.0. The number of carbonyl (C=O) groups is 1. The Morgan fingerprint density at radius 3 is 2.31 bits per heavy atom. The van der Waals surface area contributed by atoms with Crippen LogP contribution in [0.15, 0.2) is 81.2 Å². The fraction of sp³-hybridized carbons (Fsp3) is 0.231. The van der Waals surface area contributed by atoms with Gasteiger partial charge in [0, 0.05) is 0 Å². The molecule has 0 radical (unpaired) electrons. The molecule has 3 rings (SSSR count). The number of aryl methyl sites for hydroxylation is 1. The summed E-state index contributed by atoms with van der Waals surface area (Å²) in [6, 6.07) is 18.6. The van der Waals surface area contributed by atoms with Crippen LogP contribution in [0.4, 0.5) is 5.69 Å². The van der Waals surface area contributed by atoms with E-state index in [2.05, 4.69) is 26.5 Å². The van der Waals surface area contributed by atoms with Crippen LogP contribution in [0.3, 0.4) is 0 Å². The van der Waals surface area contributed by atoms with E-state index in [9.17, 15) is 13.2 Å². The molecule has 0 atom stereocenters. The number of nitrogens with zero attached hydrogens (tertiary/aromatic N) is 2. The highest BCUT2D eigenvalue weighted by atomic mass is 79.9. The molecular formula is C26H28BrN3O5S. The molecule has 3 aromatic rings. The largest absolute Gasteiger partial charge is 0.496 e. The van der Waals surface area contributed by atoms with Crippen LogP contribution in [-0.4, -0.2) is 40.3 Å². The van der Waals surface area contributed by atoms with Crippen LogP contribution in [0.5, 0.6) is 11.5 Å². The molecular weight excluding hydrogens is 546 g/mol. The summed E-state index contributed by atoms with van der Waals surface area (Å²) in [6.07, 6.45) is 0. The van der Waals surface area contributed by atoms with Gasteiger partial charge in [-0.15, -0.1) is 0 Å². The Balaban J connectivity index is 1.85. The lowest BCUT2D eigenvalue weighted by Crippen LogP contribution is -2.39. The lowest BCUT2D eigenvalue weighted by atomic mass is 10.1. The van der Waals surface area contributed by atoms with Gasteiger partial charge in [-0.25, -0.2) is 13.8 Å². The van der Waals surface area contributed by atoms with Crippen LogP contribution in [0.2, 0.25) is 0 Å². The van der Waals surface area contributed by atoms with Crippen molar-refractivity contribution in [3.63, 3.8) is 0 Å². The number of hydrazone groups is 1. The van der Waals surface area contributed by atoms with E-state index in [1.165, 1.54) is 19.2 Å². The Hall–Kier alpha value is -3.37. The van der Waals surface area contributed by atoms with Gasteiger partial charge in [-0.3, -0.25) is 9.10 Å². The van der Waals surface area contributed by atoms with Crippen molar-refractivity contribution in [3.8, 4) is 11.5 Å². The molecule has 1 amide bonds. The number of amides is 1. The quantitative estimate of drug-likeness (QED) is 0.275. The van der Waals surface area contributed by atoms with E-state index in [1.807, 2.05) is 38.1 Å². The Morgan fingerprint density at radius 1 is 1.06 bits per heavy atom. The second-order valence-electron chi connectivity index (χ2n) is 7.83. The summed E-state index contributed by atoms with van der Waals surface area (Å²) in [4.78, 5) is 12.9. The van der Waals surface area contributed by atoms with Crippen LogP contribution in [0, 0.1) is 6.92 Å². The Bertz CT molecular complexity index is 1340. The van der Waals surface area contributed by atoms with E-state index in [4.69, 9.17) is 9.47 Å². The molecule has 8 nitrogen and oxygen atoms in total. The highest BCUT2D eigenvalue weighted by Crippen LogP contribution is 2.30. The molecule has 10 heteroatoms. The van der Waals surface area contributed by atoms with Crippen molar-refractivity contribution in [3.05, 3.63) is 82.3 Å². The average Bonchev–Trinajstić information content (AvgIpc) is 2.87. The number of halogens is 1. The number of hydrogen-bond acceptors (Lipinski definition) is 6. The maximum absolute atomic E-state index is 13.6. The summed E-state index contributed by atoms with van der Waals surface area (Å²) in [6.45, 7) is 5.66. The monoisotopic (exact) mass is 573 g/mol. The lowest BCUT2D eigenvalue weighted by Gasteiger charge is -2.24. The van der Waals surface area contributed by atoms with Crippen molar-refractivity contribution in [2.24, 2.45) is 5.10 Å². The normalized spacial score (nSPS) is 11.6. The van der Waals surface area contributed by atoms with Crippen LogP contribution >= 0.6 is 15.9 Å². The highest BCUT2D eigenvalue weighted by Gasteiger charge is 2.28. The number of ether oxygens (including phenoxy) is 2. The van der Waals surface area contributed by atoms with Crippen LogP contribution < -0.4 is 19.2 Å². The number of benzene rings is 3. The number of nitrogens with one attached hydrogen (secondary N) is 1. The Labute approximate surface area is 220 Å². The molecule has 0 spiro atoms. The second-order valence-corrected chi connectivity index (χ2v) is 10.5. The van der Waals surface area contributed by atoms with Gasteiger partial charge in [-0.05, 0) is 96.9 Å². The summed E-state index contributed by atoms with van der Waals surface area (Å²) >= 11 is 3.33. The molecule has 0 fully saturated rings. The first kappa shape index (κ1) is 27.2. The third-order valence-electron chi connectivity index (χ3n) is 5.25. The van der Waals surface area contributed by atoms with Gasteiger partial charge in [-0.2, -0.15) is 5.10 Å². The van der Waals surface area contributed by atoms with Crippen molar-refractivity contribution in [1.29, 1.82) is 0 Å². The van der Waals surface area contributed by atoms with Gasteiger partial charge in [0.2, 0.25) is 0 Å². The van der Waals surface area contributed by atoms with Crippen molar-refractivity contribution in [2.45, 2.75) is 25.7 Å². The first-order valence-electron chi connectivity index (χ1n) is 11.1. The van der Waals surface area contributed by atoms with E-state index >= 15 is 0 Å². The van der Waals surface area contributed by atoms with Gasteiger partial charge >= 0.3 is 0 Å². The topological polar surface area (TPSA) is 97.3 Å². The van der Waals surface area contributed by atoms with Gasteiger partial charge < -0.3 is 9.47 Å². The van der Waals surface area contributed by atoms with Gasteiger partial charge in [0.15, 0.2) is 0 Å². The fourth-order valence-electron chi connectivity index (χ4n) is 3.30. The molecule has 0 saturated heterocycles. The summed E-state index contributed by atoms with van der Waals surface area (Å²) in [5, 5.41) is 4.15. The lowest BCUT2D eigenvalue weighted by molar-refractivity contribution is -0.119. The maximum Gasteiger partial charge on any atom is 0.264 e. The Kier molecular flexibility index (Phi) is 9.11. The smallest absolute Gasteiger partial charge is 0.264 e. The highest BCUT2D eigenvalue weighted by molar-refractivity contribution is 9.10. The Morgan fingerprint density at radius 2 is 1.72 bits per heavy atom. The van der Waals surface area contributed by atoms with E-state index in [0.29, 0.717) is 28.2 Å². The first-order chi connectivity index (χ1) is 17.1. The molecule has 0 bridgehead atoms. The number of methoxy groups -OCH3 is 1. The van der Waals surface area contributed by atoms with Gasteiger partial charge in [0.05, 0.1) is 34.5 Å². The minimum Gasteiger partial charge on any atom is -0.496 e. The van der Waals surface area contributed by atoms with E-state index in [0.717, 1.165) is 21.2 Å². The molecule has 1 N–H and O–H groups in total. The summed E-state index contributed by atoms with van der Waals surface area (Å²) in [5.74, 6) is 0.645. The van der Waals surface area contributed by atoms with Crippen molar-refractivity contribution >= 4 is 43.3 Å². The average molecular weight is 574 g/mol. The van der Waals surface area contributed by atoms with Crippen LogP contribution in [0.25, 0.3) is 0 Å². The SMILES string of the molecule is CCOc1ccc(/C(C)=N\NC(=O)CN(c2ccc(C)cc2)S(=O)(=O)c2ccc(OC)c(Br)c2)cc1. The summed E-state index contributed by atoms with van der Waals surface area (Å²) in [5.41, 5.74) is 5.15. The zero-order valence-electron chi connectivity index (χ0n) is 20.5. The number of sulfonamides is 1. The third-order valence-corrected chi connectivity index (χ3v) is 7.64. The number of anilines is 1. The van der Waals surface area contributed by atoms with Crippen molar-refractivity contribution in [1.82, 2.24) is 5.43 Å². The van der Waals surface area contributed by atoms with Gasteiger partial charge in [0.1, 0.15) is 18.0 Å². The number of hydrogen-bond donors (Lipinski definition) is 1. The molecule has 0 aliphatic heterocycles. The minimum atomic E-state index is -4.09. The van der Waals surface area contributed by atoms with Crippen molar-refractivity contribution < 1.29 is 22.7 Å². The van der Waals surface area contributed by atoms with Gasteiger partial charge in [-0.1, -0.05) is 17.7 Å². The molecule has 0 saturated carbocycles. The molecule has 0 aliphatic carbocycles. The maximum atomic E-state index is 13.6. The van der Waals surface area contributed by atoms with E-state index in [1.54, 1.807) is 37.3 Å². The molecule has 3 aromatic carbocycles. The van der Waals surface area contributed by atoms with E-state index in [-0.39, 0.29) is 4.90 Å². The van der Waals surface area contributed by atoms with Crippen molar-refractivity contribution in [2.75, 3.05) is 24.6 Å². The molecule has 36 heavy (non-hydrogen) atoms. The van der Waals surface area contributed by atoms with E-state index < -0.39 is 22.5 Å². The molecule has 0 aromatic heterocycles. The van der Waals surface area contributed by atoms with Gasteiger partial charge in [0.25, 0.3) is 15.9 Å². The molecule has 0 heterocycles. The third kappa shape index (κ3) is 6.64. The predicted molar refractivity (Wildman–Crippen MR) is 144 cm³/mol. The molecule has 190 valence electrons. The number of carbonyl (C=O) groups excluding carboxylic acids is 1. The summed E-state index contributed by atoms with van der Waals surface area (Å²) < 4.78 is 39.4. The molecule has 0 aliphatic rings. The fourth-order valence-corrected chi connectivity index (χ4v) is 5.44. The summed E-state index contributed by atoms with van der Waals surface area (Å²) in [7, 11) is -2.59. The zero-order chi connectivity index (χ0) is 26.3. The first-order valence-corrected chi connectivity index (χ1v) is 13.4. The number of rotatable bonds is 10. The molecule has 0 unspecified atom stereocenters. The zero-order valence-corrected chi connectivity index (χ0v) is 22.9. The minimum absolute atomic E-state index is 0.0117. The van der Waals surface area contributed by atoms with Crippen LogP contribution in [-0.2, 0) is 14.8 Å².